The van der Waals surface area contributed by atoms with Gasteiger partial charge < -0.3 is 9.47 Å². The summed E-state index contributed by atoms with van der Waals surface area (Å²) in [6, 6.07) is 6.08. The van der Waals surface area contributed by atoms with Gasteiger partial charge in [0.25, 0.3) is 5.91 Å². The first-order valence-electron chi connectivity index (χ1n) is 9.41. The Kier molecular flexibility index (Phi) is 5.28. The lowest BCUT2D eigenvalue weighted by Crippen LogP contribution is -2.39. The fraction of sp³-hybridized carbons (Fsp3) is 0.429. The van der Waals surface area contributed by atoms with Crippen molar-refractivity contribution >= 4 is 40.3 Å². The molecule has 142 valence electrons. The van der Waals surface area contributed by atoms with E-state index in [1.165, 1.54) is 31.0 Å². The molecule has 0 spiro atoms. The molecule has 27 heavy (non-hydrogen) atoms. The summed E-state index contributed by atoms with van der Waals surface area (Å²) in [5, 5.41) is 0. The minimum atomic E-state index is -0.160. The van der Waals surface area contributed by atoms with Gasteiger partial charge in [0.2, 0.25) is 0 Å². The number of methoxy groups -OCH3 is 1. The largest absolute Gasteiger partial charge is 0.493 e. The quantitative estimate of drug-likeness (QED) is 0.530. The Morgan fingerprint density at radius 3 is 2.81 bits per heavy atom. The highest BCUT2D eigenvalue weighted by Crippen LogP contribution is 2.41. The van der Waals surface area contributed by atoms with Crippen LogP contribution in [0.5, 0.6) is 11.5 Å². The Hall–Kier alpha value is -1.79. The van der Waals surface area contributed by atoms with Gasteiger partial charge in [-0.3, -0.25) is 9.69 Å². The second kappa shape index (κ2) is 7.68. The molecule has 1 aromatic rings. The van der Waals surface area contributed by atoms with Crippen LogP contribution in [-0.2, 0) is 4.79 Å². The molecule has 0 radical (unpaired) electrons. The van der Waals surface area contributed by atoms with E-state index in [4.69, 9.17) is 21.7 Å². The van der Waals surface area contributed by atoms with E-state index in [2.05, 4.69) is 6.08 Å². The monoisotopic (exact) mass is 401 g/mol. The van der Waals surface area contributed by atoms with Crippen molar-refractivity contribution in [2.75, 3.05) is 7.11 Å². The van der Waals surface area contributed by atoms with Crippen molar-refractivity contribution in [3.8, 4) is 11.5 Å². The van der Waals surface area contributed by atoms with Gasteiger partial charge in [0, 0.05) is 11.6 Å². The van der Waals surface area contributed by atoms with Crippen LogP contribution in [0, 0.1) is 0 Å². The minimum absolute atomic E-state index is 0.0430. The van der Waals surface area contributed by atoms with Gasteiger partial charge in [-0.1, -0.05) is 55.4 Å². The maximum atomic E-state index is 13.0. The van der Waals surface area contributed by atoms with E-state index in [9.17, 15) is 4.79 Å². The summed E-state index contributed by atoms with van der Waals surface area (Å²) in [6.07, 6.45) is 9.56. The first kappa shape index (κ1) is 18.6. The zero-order chi connectivity index (χ0) is 19.0. The van der Waals surface area contributed by atoms with E-state index in [1.807, 2.05) is 36.1 Å². The highest BCUT2D eigenvalue weighted by Gasteiger charge is 2.38. The Balaban J connectivity index is 1.62. The molecule has 2 aliphatic heterocycles. The molecule has 1 unspecified atom stereocenters. The first-order chi connectivity index (χ1) is 13.1. The topological polar surface area (TPSA) is 38.8 Å². The van der Waals surface area contributed by atoms with Crippen LogP contribution in [0.15, 0.2) is 34.8 Å². The summed E-state index contributed by atoms with van der Waals surface area (Å²) in [7, 11) is 1.64. The number of para-hydroxylation sites is 1. The van der Waals surface area contributed by atoms with Gasteiger partial charge in [-0.25, -0.2) is 0 Å². The van der Waals surface area contributed by atoms with Gasteiger partial charge in [0.15, 0.2) is 11.5 Å². The number of fused-ring (bicyclic) bond motifs is 1. The van der Waals surface area contributed by atoms with E-state index < -0.39 is 0 Å². The fourth-order valence-electron chi connectivity index (χ4n) is 3.92. The molecule has 0 aromatic heterocycles. The Morgan fingerprint density at radius 1 is 1.30 bits per heavy atom. The number of nitrogens with zero attached hydrogens (tertiary/aromatic N) is 1. The van der Waals surface area contributed by atoms with Crippen LogP contribution >= 0.6 is 24.0 Å². The summed E-state index contributed by atoms with van der Waals surface area (Å²) < 4.78 is 12.2. The van der Waals surface area contributed by atoms with Crippen LogP contribution in [0.4, 0.5) is 0 Å². The molecule has 2 fully saturated rings. The van der Waals surface area contributed by atoms with E-state index >= 15 is 0 Å². The lowest BCUT2D eigenvalue weighted by molar-refractivity contribution is -0.124. The van der Waals surface area contributed by atoms with E-state index in [-0.39, 0.29) is 18.1 Å². The number of thioether (sulfide) groups is 1. The summed E-state index contributed by atoms with van der Waals surface area (Å²) in [4.78, 5) is 15.5. The molecule has 1 aliphatic carbocycles. The first-order valence-corrected chi connectivity index (χ1v) is 10.6. The number of amides is 1. The molecule has 0 N–H and O–H groups in total. The van der Waals surface area contributed by atoms with Crippen molar-refractivity contribution in [1.82, 2.24) is 4.90 Å². The molecule has 1 saturated heterocycles. The van der Waals surface area contributed by atoms with E-state index in [0.29, 0.717) is 9.23 Å². The van der Waals surface area contributed by atoms with Crippen molar-refractivity contribution < 1.29 is 14.3 Å². The predicted molar refractivity (Wildman–Crippen MR) is 113 cm³/mol. The summed E-state index contributed by atoms with van der Waals surface area (Å²) >= 11 is 6.94. The van der Waals surface area contributed by atoms with Crippen molar-refractivity contribution in [1.29, 1.82) is 0 Å². The molecular weight excluding hydrogens is 378 g/mol. The molecule has 1 saturated carbocycles. The molecule has 6 heteroatoms. The van der Waals surface area contributed by atoms with Gasteiger partial charge in [-0.05, 0) is 43.6 Å². The van der Waals surface area contributed by atoms with Crippen molar-refractivity contribution in [2.45, 2.75) is 51.2 Å². The molecule has 1 amide bonds. The maximum absolute atomic E-state index is 13.0. The van der Waals surface area contributed by atoms with Crippen LogP contribution in [0.1, 0.15) is 44.6 Å². The second-order valence-corrected chi connectivity index (χ2v) is 8.80. The molecule has 4 nitrogen and oxygen atoms in total. The van der Waals surface area contributed by atoms with Gasteiger partial charge in [0.1, 0.15) is 10.4 Å². The van der Waals surface area contributed by atoms with Crippen LogP contribution < -0.4 is 9.47 Å². The smallest absolute Gasteiger partial charge is 0.266 e. The summed E-state index contributed by atoms with van der Waals surface area (Å²) in [5.74, 6) is 1.51. The molecular formula is C21H23NO3S2. The average Bonchev–Trinajstić information content (AvgIpc) is 2.96. The van der Waals surface area contributed by atoms with E-state index in [1.54, 1.807) is 7.11 Å². The standard InChI is InChI=1S/C21H23NO3S2/c1-13-15(11-14-7-6-10-17(24-2)19(14)25-13)12-18-20(23)22(21(26)27-18)16-8-4-3-5-9-16/h6-7,10-13,16H,3-5,8-9H2,1-2H3/b18-12-. The Morgan fingerprint density at radius 2 is 2.07 bits per heavy atom. The number of thiocarbonyl (C=S) groups is 1. The van der Waals surface area contributed by atoms with Crippen LogP contribution in [0.25, 0.3) is 6.08 Å². The number of benzene rings is 1. The minimum Gasteiger partial charge on any atom is -0.493 e. The molecule has 1 atom stereocenters. The summed E-state index contributed by atoms with van der Waals surface area (Å²) in [6.45, 7) is 1.99. The van der Waals surface area contributed by atoms with Crippen molar-refractivity contribution in [3.63, 3.8) is 0 Å². The van der Waals surface area contributed by atoms with Crippen LogP contribution in [0.2, 0.25) is 0 Å². The van der Waals surface area contributed by atoms with E-state index in [0.717, 1.165) is 35.5 Å². The normalized spacial score (nSPS) is 24.7. The van der Waals surface area contributed by atoms with Gasteiger partial charge in [-0.15, -0.1) is 0 Å². The third-order valence-corrected chi connectivity index (χ3v) is 6.71. The predicted octanol–water partition coefficient (Wildman–Crippen LogP) is 4.94. The number of carbonyl (C=O) groups excluding carboxylic acids is 1. The van der Waals surface area contributed by atoms with Gasteiger partial charge >= 0.3 is 0 Å². The molecule has 2 heterocycles. The fourth-order valence-corrected chi connectivity index (χ4v) is 5.32. The highest BCUT2D eigenvalue weighted by molar-refractivity contribution is 8.26. The lowest BCUT2D eigenvalue weighted by Gasteiger charge is -2.29. The second-order valence-electron chi connectivity index (χ2n) is 7.13. The van der Waals surface area contributed by atoms with Crippen molar-refractivity contribution in [2.24, 2.45) is 0 Å². The number of hydrogen-bond donors (Lipinski definition) is 0. The molecule has 0 bridgehead atoms. The third-order valence-electron chi connectivity index (χ3n) is 5.38. The third kappa shape index (κ3) is 3.52. The number of ether oxygens (including phenoxy) is 2. The SMILES string of the molecule is COc1cccc2c1OC(C)C(/C=C1\SC(=S)N(C3CCCCC3)C1=O)=C2. The van der Waals surface area contributed by atoms with Gasteiger partial charge in [-0.2, -0.15) is 0 Å². The number of hydrogen-bond acceptors (Lipinski definition) is 5. The number of carbonyl (C=O) groups is 1. The number of rotatable bonds is 3. The lowest BCUT2D eigenvalue weighted by atomic mass is 9.94. The average molecular weight is 402 g/mol. The summed E-state index contributed by atoms with van der Waals surface area (Å²) in [5.41, 5.74) is 1.93. The van der Waals surface area contributed by atoms with Crippen LogP contribution in [0.3, 0.4) is 0 Å². The Labute approximate surface area is 169 Å². The zero-order valence-electron chi connectivity index (χ0n) is 15.6. The maximum Gasteiger partial charge on any atom is 0.266 e. The van der Waals surface area contributed by atoms with Crippen molar-refractivity contribution in [3.05, 3.63) is 40.3 Å². The Bertz CT molecular complexity index is 840. The van der Waals surface area contributed by atoms with Gasteiger partial charge in [0.05, 0.1) is 12.0 Å². The van der Waals surface area contributed by atoms with Crippen LogP contribution in [-0.4, -0.2) is 34.4 Å². The molecule has 4 rings (SSSR count). The zero-order valence-corrected chi connectivity index (χ0v) is 17.2. The molecule has 3 aliphatic rings. The molecule has 1 aromatic carbocycles. The highest BCUT2D eigenvalue weighted by atomic mass is 32.2.